The van der Waals surface area contributed by atoms with Crippen LogP contribution < -0.4 is 19.5 Å². The van der Waals surface area contributed by atoms with Gasteiger partial charge in [0.1, 0.15) is 22.8 Å². The zero-order valence-corrected chi connectivity index (χ0v) is 15.8. The van der Waals surface area contributed by atoms with Crippen LogP contribution >= 0.6 is 11.6 Å². The minimum atomic E-state index is -0.394. The molecule has 1 aliphatic heterocycles. The maximum Gasteiger partial charge on any atom is 0.258 e. The van der Waals surface area contributed by atoms with Gasteiger partial charge in [0.2, 0.25) is 0 Å². The van der Waals surface area contributed by atoms with Crippen molar-refractivity contribution in [3.8, 4) is 17.2 Å². The Morgan fingerprint density at radius 1 is 1.23 bits per heavy atom. The summed E-state index contributed by atoms with van der Waals surface area (Å²) in [5.41, 5.74) is 0.541. The fourth-order valence-electron chi connectivity index (χ4n) is 3.00. The first kappa shape index (κ1) is 18.4. The number of halogens is 1. The zero-order valence-electron chi connectivity index (χ0n) is 15.0. The molecule has 1 aliphatic rings. The maximum absolute atomic E-state index is 12.4. The highest BCUT2D eigenvalue weighted by Crippen LogP contribution is 2.41. The van der Waals surface area contributed by atoms with Crippen molar-refractivity contribution in [1.29, 1.82) is 0 Å². The van der Waals surface area contributed by atoms with Gasteiger partial charge in [0.25, 0.3) is 5.91 Å². The lowest BCUT2D eigenvalue weighted by Gasteiger charge is -2.38. The van der Waals surface area contributed by atoms with Crippen molar-refractivity contribution in [1.82, 2.24) is 5.32 Å². The van der Waals surface area contributed by atoms with Crippen molar-refractivity contribution in [2.75, 3.05) is 13.7 Å². The summed E-state index contributed by atoms with van der Waals surface area (Å²) in [6, 6.07) is 12.4. The van der Waals surface area contributed by atoms with Crippen molar-refractivity contribution >= 4 is 17.5 Å². The summed E-state index contributed by atoms with van der Waals surface area (Å²) >= 11 is 5.84. The number of carbonyl (C=O) groups is 1. The van der Waals surface area contributed by atoms with Gasteiger partial charge in [-0.3, -0.25) is 4.79 Å². The average molecular weight is 376 g/mol. The third-order valence-electron chi connectivity index (χ3n) is 4.20. The van der Waals surface area contributed by atoms with Crippen LogP contribution in [0.5, 0.6) is 17.2 Å². The number of nitrogens with one attached hydrogen (secondary N) is 1. The Morgan fingerprint density at radius 2 is 1.92 bits per heavy atom. The highest BCUT2D eigenvalue weighted by molar-refractivity contribution is 6.30. The first-order chi connectivity index (χ1) is 12.4. The van der Waals surface area contributed by atoms with E-state index in [-0.39, 0.29) is 18.6 Å². The predicted octanol–water partition coefficient (Wildman–Crippen LogP) is 4.15. The molecule has 0 aliphatic carbocycles. The number of ether oxygens (including phenoxy) is 3. The molecule has 0 aromatic heterocycles. The molecule has 6 heteroatoms. The molecule has 5 nitrogen and oxygen atoms in total. The number of carbonyl (C=O) groups excluding carboxylic acids is 1. The summed E-state index contributed by atoms with van der Waals surface area (Å²) in [6.07, 6.45) is 0.666. The number of hydrogen-bond donors (Lipinski definition) is 1. The molecular formula is C20H22ClNO4. The summed E-state index contributed by atoms with van der Waals surface area (Å²) in [6.45, 7) is 3.93. The Kier molecular flexibility index (Phi) is 5.28. The van der Waals surface area contributed by atoms with Crippen LogP contribution in [0.2, 0.25) is 5.02 Å². The molecule has 0 bridgehead atoms. The van der Waals surface area contributed by atoms with E-state index in [9.17, 15) is 4.79 Å². The van der Waals surface area contributed by atoms with E-state index in [0.717, 1.165) is 17.1 Å². The van der Waals surface area contributed by atoms with Gasteiger partial charge in [0.05, 0.1) is 13.2 Å². The van der Waals surface area contributed by atoms with Crippen LogP contribution in [-0.2, 0) is 4.79 Å². The second-order valence-corrected chi connectivity index (χ2v) is 7.27. The Bertz CT molecular complexity index is 789. The molecule has 1 heterocycles. The minimum Gasteiger partial charge on any atom is -0.497 e. The number of amides is 1. The molecule has 1 amide bonds. The van der Waals surface area contributed by atoms with E-state index in [1.807, 2.05) is 32.0 Å². The Balaban J connectivity index is 1.68. The van der Waals surface area contributed by atoms with E-state index in [1.54, 1.807) is 31.4 Å². The molecule has 0 saturated heterocycles. The number of fused-ring (bicyclic) bond motifs is 1. The fraction of sp³-hybridized carbons (Fsp3) is 0.350. The molecule has 138 valence electrons. The molecule has 0 spiro atoms. The van der Waals surface area contributed by atoms with Gasteiger partial charge >= 0.3 is 0 Å². The minimum absolute atomic E-state index is 0.0646. The smallest absolute Gasteiger partial charge is 0.258 e. The molecule has 1 atom stereocenters. The highest BCUT2D eigenvalue weighted by atomic mass is 35.5. The van der Waals surface area contributed by atoms with Crippen LogP contribution in [0.1, 0.15) is 31.9 Å². The fourth-order valence-corrected chi connectivity index (χ4v) is 3.13. The predicted molar refractivity (Wildman–Crippen MR) is 100 cm³/mol. The average Bonchev–Trinajstić information content (AvgIpc) is 2.59. The Morgan fingerprint density at radius 3 is 2.62 bits per heavy atom. The number of hydrogen-bond acceptors (Lipinski definition) is 4. The van der Waals surface area contributed by atoms with Crippen molar-refractivity contribution in [2.24, 2.45) is 0 Å². The van der Waals surface area contributed by atoms with Gasteiger partial charge in [-0.05, 0) is 50.2 Å². The summed E-state index contributed by atoms with van der Waals surface area (Å²) in [5, 5.41) is 3.66. The number of rotatable bonds is 5. The number of benzene rings is 2. The zero-order chi connectivity index (χ0) is 18.7. The molecule has 0 unspecified atom stereocenters. The first-order valence-corrected chi connectivity index (χ1v) is 8.79. The molecule has 0 fully saturated rings. The van der Waals surface area contributed by atoms with Crippen molar-refractivity contribution in [3.63, 3.8) is 0 Å². The van der Waals surface area contributed by atoms with E-state index in [4.69, 9.17) is 25.8 Å². The topological polar surface area (TPSA) is 56.8 Å². The largest absolute Gasteiger partial charge is 0.497 e. The van der Waals surface area contributed by atoms with Gasteiger partial charge in [0, 0.05) is 23.1 Å². The molecule has 0 saturated carbocycles. The number of methoxy groups -OCH3 is 1. The van der Waals surface area contributed by atoms with E-state index in [1.165, 1.54) is 0 Å². The summed E-state index contributed by atoms with van der Waals surface area (Å²) < 4.78 is 16.8. The second-order valence-electron chi connectivity index (χ2n) is 6.83. The molecule has 26 heavy (non-hydrogen) atoms. The Labute approximate surface area is 158 Å². The van der Waals surface area contributed by atoms with Crippen LogP contribution in [0, 0.1) is 0 Å². The van der Waals surface area contributed by atoms with Crippen LogP contribution in [0.15, 0.2) is 42.5 Å². The van der Waals surface area contributed by atoms with Gasteiger partial charge in [-0.15, -0.1) is 0 Å². The summed E-state index contributed by atoms with van der Waals surface area (Å²) in [7, 11) is 1.61. The first-order valence-electron chi connectivity index (χ1n) is 8.41. The lowest BCUT2D eigenvalue weighted by molar-refractivity contribution is -0.124. The van der Waals surface area contributed by atoms with Gasteiger partial charge in [0.15, 0.2) is 6.61 Å². The van der Waals surface area contributed by atoms with Crippen molar-refractivity contribution < 1.29 is 19.0 Å². The molecule has 2 aromatic rings. The van der Waals surface area contributed by atoms with Gasteiger partial charge in [-0.1, -0.05) is 11.6 Å². The Hall–Kier alpha value is -2.40. The summed E-state index contributed by atoms with van der Waals surface area (Å²) in [4.78, 5) is 12.4. The lowest BCUT2D eigenvalue weighted by atomic mass is 9.89. The highest BCUT2D eigenvalue weighted by Gasteiger charge is 2.34. The van der Waals surface area contributed by atoms with E-state index in [2.05, 4.69) is 5.32 Å². The SMILES string of the molecule is COc1ccc2c(c1)OC(C)(C)C[C@@H]2NC(=O)COc1ccc(Cl)cc1. The van der Waals surface area contributed by atoms with Crippen molar-refractivity contribution in [2.45, 2.75) is 31.9 Å². The molecule has 0 radical (unpaired) electrons. The van der Waals surface area contributed by atoms with Gasteiger partial charge in [-0.2, -0.15) is 0 Å². The molecule has 3 rings (SSSR count). The van der Waals surface area contributed by atoms with E-state index < -0.39 is 5.60 Å². The van der Waals surface area contributed by atoms with Crippen LogP contribution in [0.25, 0.3) is 0 Å². The van der Waals surface area contributed by atoms with Gasteiger partial charge < -0.3 is 19.5 Å². The quantitative estimate of drug-likeness (QED) is 0.853. The maximum atomic E-state index is 12.4. The van der Waals surface area contributed by atoms with Crippen LogP contribution in [0.4, 0.5) is 0 Å². The molecular weight excluding hydrogens is 354 g/mol. The van der Waals surface area contributed by atoms with E-state index in [0.29, 0.717) is 17.2 Å². The van der Waals surface area contributed by atoms with Gasteiger partial charge in [-0.25, -0.2) is 0 Å². The molecule has 2 aromatic carbocycles. The standard InChI is InChI=1S/C20H22ClNO4/c1-20(2)11-17(16-9-8-15(24-3)10-18(16)26-20)22-19(23)12-25-14-6-4-13(21)5-7-14/h4-10,17H,11-12H2,1-3H3,(H,22,23)/t17-/m0/s1. The van der Waals surface area contributed by atoms with Crippen LogP contribution in [-0.4, -0.2) is 25.2 Å². The normalized spacial score (nSPS) is 17.6. The van der Waals surface area contributed by atoms with Crippen molar-refractivity contribution in [3.05, 3.63) is 53.1 Å². The second kappa shape index (κ2) is 7.46. The third-order valence-corrected chi connectivity index (χ3v) is 4.45. The summed E-state index contributed by atoms with van der Waals surface area (Å²) in [5.74, 6) is 1.86. The van der Waals surface area contributed by atoms with E-state index >= 15 is 0 Å². The lowest BCUT2D eigenvalue weighted by Crippen LogP contribution is -2.42. The monoisotopic (exact) mass is 375 g/mol. The third kappa shape index (κ3) is 4.41. The van der Waals surface area contributed by atoms with Crippen LogP contribution in [0.3, 0.4) is 0 Å². The molecule has 1 N–H and O–H groups in total.